The van der Waals surface area contributed by atoms with E-state index in [0.717, 1.165) is 4.57 Å². The quantitative estimate of drug-likeness (QED) is 0.240. The summed E-state index contributed by atoms with van der Waals surface area (Å²) in [6.07, 6.45) is -3.10. The van der Waals surface area contributed by atoms with Crippen LogP contribution in [-0.2, 0) is 28.1 Å². The number of halogens is 1. The molecule has 0 radical (unpaired) electrons. The Hall–Kier alpha value is -2.51. The van der Waals surface area contributed by atoms with Crippen molar-refractivity contribution < 1.29 is 37.7 Å². The van der Waals surface area contributed by atoms with Crippen molar-refractivity contribution in [1.82, 2.24) is 14.6 Å². The number of aliphatic hydroxyl groups excluding tert-OH is 1. The number of carbonyl (C=O) groups is 1. The molecule has 40 heavy (non-hydrogen) atoms. The van der Waals surface area contributed by atoms with Crippen LogP contribution < -0.4 is 21.0 Å². The molecule has 222 valence electrons. The van der Waals surface area contributed by atoms with E-state index in [1.54, 1.807) is 26.0 Å². The van der Waals surface area contributed by atoms with Gasteiger partial charge in [0.1, 0.15) is 35.9 Å². The van der Waals surface area contributed by atoms with Gasteiger partial charge in [-0.05, 0) is 56.0 Å². The maximum absolute atomic E-state index is 14.1. The monoisotopic (exact) mass is 602 g/mol. The van der Waals surface area contributed by atoms with Gasteiger partial charge in [0.2, 0.25) is 0 Å². The van der Waals surface area contributed by atoms with Crippen molar-refractivity contribution in [3.05, 3.63) is 51.0 Å². The highest BCUT2D eigenvalue weighted by Crippen LogP contribution is 2.48. The van der Waals surface area contributed by atoms with E-state index in [1.807, 2.05) is 13.8 Å². The number of nitrogen functional groups attached to an aromatic ring is 1. The fourth-order valence-corrected chi connectivity index (χ4v) is 5.80. The van der Waals surface area contributed by atoms with Crippen molar-refractivity contribution in [2.45, 2.75) is 71.1 Å². The van der Waals surface area contributed by atoms with Crippen LogP contribution in [-0.4, -0.2) is 65.3 Å². The molecule has 0 aliphatic carbocycles. The Kier molecular flexibility index (Phi) is 10.8. The lowest BCUT2D eigenvalue weighted by atomic mass is 10.0. The van der Waals surface area contributed by atoms with Crippen LogP contribution in [0.5, 0.6) is 5.75 Å². The molecule has 1 saturated heterocycles. The molecule has 2 heterocycles. The SMILES string of the molecule is CCOC(=O)[C@H](C)NP(=O)(OC[C@H]1O[C@@H](n2ccc(N)nc2=O)C(OC)C1O)Oc1cc(C)c(Cl)cc1C(C)C. The number of benzene rings is 1. The molecule has 0 bridgehead atoms. The van der Waals surface area contributed by atoms with E-state index in [1.165, 1.54) is 26.3 Å². The fourth-order valence-electron chi connectivity index (χ4n) is 4.10. The van der Waals surface area contributed by atoms with Crippen LogP contribution in [0.4, 0.5) is 5.82 Å². The number of nitrogens with zero attached hydrogens (tertiary/aromatic N) is 2. The number of methoxy groups -OCH3 is 1. The first kappa shape index (κ1) is 32.0. The standard InChI is InChI=1S/C25H36ClN4O9P/c1-7-36-24(32)15(5)29-40(34,39-18-10-14(4)17(26)11-16(18)13(2)3)37-12-19-21(31)22(35-6)23(38-19)30-9-8-20(27)28-25(30)33/h8-11,13,15,19,21-23,31H,7,12H2,1-6H3,(H,29,34)(H2,27,28,33)/t15-,19+,21?,22?,23+,40?/m0/s1. The van der Waals surface area contributed by atoms with Crippen molar-refractivity contribution in [3.8, 4) is 5.75 Å². The minimum atomic E-state index is -4.31. The number of rotatable bonds is 12. The number of aliphatic hydroxyl groups is 1. The first-order valence-electron chi connectivity index (χ1n) is 12.7. The van der Waals surface area contributed by atoms with Gasteiger partial charge < -0.3 is 29.6 Å². The van der Waals surface area contributed by atoms with Crippen LogP contribution in [0, 0.1) is 6.92 Å². The first-order valence-corrected chi connectivity index (χ1v) is 14.6. The summed E-state index contributed by atoms with van der Waals surface area (Å²) in [7, 11) is -2.97. The number of hydrogen-bond donors (Lipinski definition) is 3. The lowest BCUT2D eigenvalue weighted by Gasteiger charge is -2.26. The van der Waals surface area contributed by atoms with Crippen molar-refractivity contribution in [2.75, 3.05) is 26.1 Å². The lowest BCUT2D eigenvalue weighted by Crippen LogP contribution is -2.38. The summed E-state index contributed by atoms with van der Waals surface area (Å²) in [5, 5.41) is 14.0. The van der Waals surface area contributed by atoms with Crippen LogP contribution in [0.25, 0.3) is 0 Å². The van der Waals surface area contributed by atoms with Crippen LogP contribution in [0.2, 0.25) is 5.02 Å². The van der Waals surface area contributed by atoms with Gasteiger partial charge in [-0.25, -0.2) is 9.36 Å². The van der Waals surface area contributed by atoms with E-state index in [-0.39, 0.29) is 24.1 Å². The highest BCUT2D eigenvalue weighted by Gasteiger charge is 2.47. The molecule has 0 spiro atoms. The smallest absolute Gasteiger partial charge is 0.459 e. The van der Waals surface area contributed by atoms with Gasteiger partial charge in [0.15, 0.2) is 6.23 Å². The highest BCUT2D eigenvalue weighted by molar-refractivity contribution is 7.52. The molecular weight excluding hydrogens is 567 g/mol. The Morgan fingerprint density at radius 3 is 2.65 bits per heavy atom. The number of nitrogens with two attached hydrogens (primary N) is 1. The number of esters is 1. The van der Waals surface area contributed by atoms with Gasteiger partial charge in [-0.2, -0.15) is 10.1 Å². The highest BCUT2D eigenvalue weighted by atomic mass is 35.5. The number of aromatic nitrogens is 2. The van der Waals surface area contributed by atoms with Crippen molar-refractivity contribution in [2.24, 2.45) is 0 Å². The van der Waals surface area contributed by atoms with Gasteiger partial charge in [-0.15, -0.1) is 0 Å². The molecule has 1 aromatic carbocycles. The molecule has 1 fully saturated rings. The van der Waals surface area contributed by atoms with Crippen LogP contribution >= 0.6 is 19.3 Å². The van der Waals surface area contributed by atoms with E-state index in [0.29, 0.717) is 16.1 Å². The molecule has 6 atom stereocenters. The van der Waals surface area contributed by atoms with Gasteiger partial charge in [0.25, 0.3) is 0 Å². The van der Waals surface area contributed by atoms with Crippen LogP contribution in [0.15, 0.2) is 29.2 Å². The number of ether oxygens (including phenoxy) is 3. The third-order valence-corrected chi connectivity index (χ3v) is 8.28. The summed E-state index contributed by atoms with van der Waals surface area (Å²) in [4.78, 5) is 28.4. The Morgan fingerprint density at radius 2 is 2.05 bits per heavy atom. The zero-order valence-electron chi connectivity index (χ0n) is 23.2. The molecule has 15 heteroatoms. The molecule has 0 amide bonds. The minimum Gasteiger partial charge on any atom is -0.465 e. The molecule has 1 aromatic heterocycles. The Labute approximate surface area is 237 Å². The van der Waals surface area contributed by atoms with E-state index in [4.69, 9.17) is 40.6 Å². The molecular formula is C25H36ClN4O9P. The average Bonchev–Trinajstić information content (AvgIpc) is 3.19. The number of hydrogen-bond acceptors (Lipinski definition) is 11. The summed E-state index contributed by atoms with van der Waals surface area (Å²) >= 11 is 6.31. The summed E-state index contributed by atoms with van der Waals surface area (Å²) < 4.78 is 43.2. The van der Waals surface area contributed by atoms with Gasteiger partial charge >= 0.3 is 19.4 Å². The third-order valence-electron chi connectivity index (χ3n) is 6.24. The number of aryl methyl sites for hydroxylation is 1. The lowest BCUT2D eigenvalue weighted by molar-refractivity contribution is -0.144. The second-order valence-corrected chi connectivity index (χ2v) is 11.7. The summed E-state index contributed by atoms with van der Waals surface area (Å²) in [6.45, 7) is 8.34. The largest absolute Gasteiger partial charge is 0.465 e. The normalized spacial score (nSPS) is 23.1. The predicted octanol–water partition coefficient (Wildman–Crippen LogP) is 2.93. The maximum atomic E-state index is 14.1. The van der Waals surface area contributed by atoms with Crippen LogP contribution in [0.1, 0.15) is 51.0 Å². The van der Waals surface area contributed by atoms with Crippen molar-refractivity contribution in [3.63, 3.8) is 0 Å². The molecule has 3 rings (SSSR count). The molecule has 0 saturated carbocycles. The van der Waals surface area contributed by atoms with Gasteiger partial charge in [-0.1, -0.05) is 25.4 Å². The zero-order valence-corrected chi connectivity index (χ0v) is 24.8. The predicted molar refractivity (Wildman–Crippen MR) is 147 cm³/mol. The van der Waals surface area contributed by atoms with Crippen molar-refractivity contribution >= 4 is 31.1 Å². The van der Waals surface area contributed by atoms with E-state index in [9.17, 15) is 19.3 Å². The zero-order chi connectivity index (χ0) is 29.8. The Morgan fingerprint density at radius 1 is 1.35 bits per heavy atom. The van der Waals surface area contributed by atoms with Crippen molar-refractivity contribution in [1.29, 1.82) is 0 Å². The maximum Gasteiger partial charge on any atom is 0.459 e. The fraction of sp³-hybridized carbons (Fsp3) is 0.560. The summed E-state index contributed by atoms with van der Waals surface area (Å²) in [5.41, 5.74) is 6.20. The van der Waals surface area contributed by atoms with Gasteiger partial charge in [0.05, 0.1) is 13.2 Å². The number of carbonyl (C=O) groups excluding carboxylic acids is 1. The first-order chi connectivity index (χ1) is 18.8. The second kappa shape index (κ2) is 13.4. The average molecular weight is 603 g/mol. The molecule has 2 aromatic rings. The minimum absolute atomic E-state index is 0.0201. The molecule has 1 aliphatic rings. The topological polar surface area (TPSA) is 173 Å². The Bertz CT molecular complexity index is 1310. The second-order valence-electron chi connectivity index (χ2n) is 9.58. The van der Waals surface area contributed by atoms with Crippen LogP contribution in [0.3, 0.4) is 0 Å². The number of anilines is 1. The Balaban J connectivity index is 1.89. The molecule has 4 N–H and O–H groups in total. The molecule has 13 nitrogen and oxygen atoms in total. The van der Waals surface area contributed by atoms with Gasteiger partial charge in [0, 0.05) is 18.3 Å². The van der Waals surface area contributed by atoms with E-state index >= 15 is 0 Å². The summed E-state index contributed by atoms with van der Waals surface area (Å²) in [5.74, 6) is -0.465. The van der Waals surface area contributed by atoms with E-state index in [2.05, 4.69) is 10.1 Å². The van der Waals surface area contributed by atoms with E-state index < -0.39 is 56.6 Å². The summed E-state index contributed by atoms with van der Waals surface area (Å²) in [6, 6.07) is 3.67. The van der Waals surface area contributed by atoms with Gasteiger partial charge in [-0.3, -0.25) is 13.9 Å². The third kappa shape index (κ3) is 7.41. The molecule has 1 aliphatic heterocycles. The molecule has 3 unspecified atom stereocenters. The number of nitrogens with one attached hydrogen (secondary N) is 1.